The lowest BCUT2D eigenvalue weighted by Crippen LogP contribution is -2.53. The monoisotopic (exact) mass is 313 g/mol. The Balaban J connectivity index is 3.08. The van der Waals surface area contributed by atoms with Gasteiger partial charge in [-0.3, -0.25) is 0 Å². The second-order valence-electron chi connectivity index (χ2n) is 4.08. The molecule has 18 heavy (non-hydrogen) atoms. The fourth-order valence-electron chi connectivity index (χ4n) is 1.31. The van der Waals surface area contributed by atoms with Gasteiger partial charge in [0, 0.05) is 0 Å². The predicted molar refractivity (Wildman–Crippen MR) is 71.6 cm³/mol. The fourth-order valence-corrected chi connectivity index (χ4v) is 4.47. The second kappa shape index (κ2) is 5.85. The number of nitrogens with one attached hydrogen (secondary N) is 1. The topological polar surface area (TPSA) is 86.6 Å². The highest BCUT2D eigenvalue weighted by atomic mass is 35.5. The van der Waals surface area contributed by atoms with Crippen LogP contribution < -0.4 is 4.72 Å². The van der Waals surface area contributed by atoms with Gasteiger partial charge < -0.3 is 10.2 Å². The first-order valence-electron chi connectivity index (χ1n) is 5.32. The summed E-state index contributed by atoms with van der Waals surface area (Å²) < 4.78 is 27.0. The number of rotatable bonds is 6. The normalized spacial score (nSPS) is 12.9. The molecule has 0 unspecified atom stereocenters. The van der Waals surface area contributed by atoms with Crippen LogP contribution in [-0.2, 0) is 10.0 Å². The van der Waals surface area contributed by atoms with E-state index in [0.717, 1.165) is 11.3 Å². The summed E-state index contributed by atoms with van der Waals surface area (Å²) in [6.07, 6.45) is 0.275. The fraction of sp³-hybridized carbons (Fsp3) is 0.600. The number of aryl methyl sites for hydroxylation is 1. The summed E-state index contributed by atoms with van der Waals surface area (Å²) in [4.78, 5) is 0. The van der Waals surface area contributed by atoms with E-state index in [9.17, 15) is 18.6 Å². The van der Waals surface area contributed by atoms with Crippen molar-refractivity contribution in [2.24, 2.45) is 0 Å². The first-order valence-corrected chi connectivity index (χ1v) is 7.99. The first kappa shape index (κ1) is 15.9. The van der Waals surface area contributed by atoms with Crippen LogP contribution in [0.25, 0.3) is 0 Å². The minimum atomic E-state index is -3.79. The van der Waals surface area contributed by atoms with Crippen LogP contribution in [0.1, 0.15) is 18.9 Å². The molecule has 8 heteroatoms. The van der Waals surface area contributed by atoms with E-state index in [1.165, 1.54) is 6.07 Å². The largest absolute Gasteiger partial charge is 0.394 e. The molecule has 0 aliphatic heterocycles. The number of sulfonamides is 1. The van der Waals surface area contributed by atoms with Crippen LogP contribution in [0.4, 0.5) is 0 Å². The Morgan fingerprint density at radius 3 is 2.33 bits per heavy atom. The average molecular weight is 314 g/mol. The third-order valence-corrected chi connectivity index (χ3v) is 6.34. The molecule has 1 aromatic rings. The summed E-state index contributed by atoms with van der Waals surface area (Å²) in [7, 11) is -3.79. The van der Waals surface area contributed by atoms with Gasteiger partial charge in [-0.25, -0.2) is 8.42 Å². The Morgan fingerprint density at radius 1 is 1.44 bits per heavy atom. The molecule has 0 bridgehead atoms. The summed E-state index contributed by atoms with van der Waals surface area (Å²) in [5.74, 6) is 0. The van der Waals surface area contributed by atoms with Gasteiger partial charge >= 0.3 is 0 Å². The van der Waals surface area contributed by atoms with Crippen molar-refractivity contribution >= 4 is 33.0 Å². The van der Waals surface area contributed by atoms with Gasteiger partial charge in [0.1, 0.15) is 4.21 Å². The maximum absolute atomic E-state index is 12.1. The Morgan fingerprint density at radius 2 is 2.00 bits per heavy atom. The van der Waals surface area contributed by atoms with Gasteiger partial charge in [-0.05, 0) is 25.0 Å². The van der Waals surface area contributed by atoms with Crippen LogP contribution in [-0.4, -0.2) is 37.4 Å². The lowest BCUT2D eigenvalue weighted by Gasteiger charge is -2.28. The highest BCUT2D eigenvalue weighted by Crippen LogP contribution is 2.30. The molecule has 104 valence electrons. The van der Waals surface area contributed by atoms with Gasteiger partial charge in [0.05, 0.1) is 23.1 Å². The standard InChI is InChI=1S/C10H16ClNO4S2/c1-3-10(5-13,6-14)12-18(15,16)8-4-7(2)9(11)17-8/h4,12-14H,3,5-6H2,1-2H3. The van der Waals surface area contributed by atoms with E-state index in [1.54, 1.807) is 13.8 Å². The number of hydrogen-bond acceptors (Lipinski definition) is 5. The van der Waals surface area contributed by atoms with Crippen LogP contribution in [0.2, 0.25) is 4.34 Å². The minimum absolute atomic E-state index is 0.0738. The van der Waals surface area contributed by atoms with E-state index in [4.69, 9.17) is 11.6 Å². The zero-order valence-corrected chi connectivity index (χ0v) is 12.5. The van der Waals surface area contributed by atoms with Crippen molar-refractivity contribution in [3.63, 3.8) is 0 Å². The molecule has 0 atom stereocenters. The molecule has 0 fully saturated rings. The maximum atomic E-state index is 12.1. The quantitative estimate of drug-likeness (QED) is 0.734. The molecule has 1 heterocycles. The van der Waals surface area contributed by atoms with Crippen molar-refractivity contribution in [3.05, 3.63) is 16.0 Å². The van der Waals surface area contributed by atoms with Gasteiger partial charge in [0.15, 0.2) is 0 Å². The van der Waals surface area contributed by atoms with Crippen LogP contribution in [0.5, 0.6) is 0 Å². The van der Waals surface area contributed by atoms with Crippen molar-refractivity contribution < 1.29 is 18.6 Å². The number of halogens is 1. The van der Waals surface area contributed by atoms with Crippen LogP contribution in [0, 0.1) is 6.92 Å². The van der Waals surface area contributed by atoms with Crippen molar-refractivity contribution in [2.45, 2.75) is 30.0 Å². The Labute approximate surface area is 115 Å². The molecular weight excluding hydrogens is 298 g/mol. The summed E-state index contributed by atoms with van der Waals surface area (Å²) in [6, 6.07) is 1.46. The van der Waals surface area contributed by atoms with E-state index in [1.807, 2.05) is 0 Å². The molecule has 0 spiro atoms. The average Bonchev–Trinajstić information content (AvgIpc) is 2.68. The van der Waals surface area contributed by atoms with E-state index < -0.39 is 28.8 Å². The van der Waals surface area contributed by atoms with Crippen molar-refractivity contribution in [1.29, 1.82) is 0 Å². The first-order chi connectivity index (χ1) is 8.30. The van der Waals surface area contributed by atoms with Crippen molar-refractivity contribution in [2.75, 3.05) is 13.2 Å². The summed E-state index contributed by atoms with van der Waals surface area (Å²) in [5, 5.41) is 18.5. The molecule has 1 aromatic heterocycles. The van der Waals surface area contributed by atoms with Gasteiger partial charge in [-0.1, -0.05) is 18.5 Å². The lowest BCUT2D eigenvalue weighted by molar-refractivity contribution is 0.105. The molecule has 0 amide bonds. The Hall–Kier alpha value is -0.180. The van der Waals surface area contributed by atoms with Crippen molar-refractivity contribution in [1.82, 2.24) is 4.72 Å². The molecule has 1 rings (SSSR count). The van der Waals surface area contributed by atoms with E-state index in [-0.39, 0.29) is 10.6 Å². The van der Waals surface area contributed by atoms with Gasteiger partial charge in [0.25, 0.3) is 10.0 Å². The summed E-state index contributed by atoms with van der Waals surface area (Å²) >= 11 is 6.78. The smallest absolute Gasteiger partial charge is 0.250 e. The van der Waals surface area contributed by atoms with Crippen LogP contribution >= 0.6 is 22.9 Å². The molecule has 0 saturated carbocycles. The zero-order chi connectivity index (χ0) is 14.0. The van der Waals surface area contributed by atoms with Crippen LogP contribution in [0.3, 0.4) is 0 Å². The van der Waals surface area contributed by atoms with Gasteiger partial charge in [0.2, 0.25) is 0 Å². The summed E-state index contributed by atoms with van der Waals surface area (Å²) in [6.45, 7) is 2.44. The van der Waals surface area contributed by atoms with E-state index in [2.05, 4.69) is 4.72 Å². The number of thiophene rings is 1. The molecule has 5 nitrogen and oxygen atoms in total. The van der Waals surface area contributed by atoms with Crippen molar-refractivity contribution in [3.8, 4) is 0 Å². The van der Waals surface area contributed by atoms with Crippen LogP contribution in [0.15, 0.2) is 10.3 Å². The predicted octanol–water partition coefficient (Wildman–Crippen LogP) is 1.12. The molecule has 0 radical (unpaired) electrons. The van der Waals surface area contributed by atoms with E-state index >= 15 is 0 Å². The number of aliphatic hydroxyl groups is 2. The highest BCUT2D eigenvalue weighted by Gasteiger charge is 2.33. The molecule has 0 aliphatic carbocycles. The molecule has 0 aromatic carbocycles. The highest BCUT2D eigenvalue weighted by molar-refractivity contribution is 7.91. The molecular formula is C10H16ClNO4S2. The molecule has 0 aliphatic rings. The lowest BCUT2D eigenvalue weighted by atomic mass is 10.0. The molecule has 3 N–H and O–H groups in total. The van der Waals surface area contributed by atoms with Gasteiger partial charge in [-0.2, -0.15) is 4.72 Å². The zero-order valence-electron chi connectivity index (χ0n) is 10.1. The third-order valence-electron chi connectivity index (χ3n) is 2.73. The van der Waals surface area contributed by atoms with Gasteiger partial charge in [-0.15, -0.1) is 11.3 Å². The Bertz CT molecular complexity index is 480. The SMILES string of the molecule is CCC(CO)(CO)NS(=O)(=O)c1cc(C)c(Cl)s1. The maximum Gasteiger partial charge on any atom is 0.250 e. The minimum Gasteiger partial charge on any atom is -0.394 e. The third kappa shape index (κ3) is 3.23. The Kier molecular flexibility index (Phi) is 5.16. The summed E-state index contributed by atoms with van der Waals surface area (Å²) in [5.41, 5.74) is -0.569. The van der Waals surface area contributed by atoms with E-state index in [0.29, 0.717) is 9.90 Å². The number of hydrogen-bond donors (Lipinski definition) is 3. The molecule has 0 saturated heterocycles. The number of aliphatic hydroxyl groups excluding tert-OH is 2. The second-order valence-corrected chi connectivity index (χ2v) is 7.64.